The van der Waals surface area contributed by atoms with E-state index in [4.69, 9.17) is 0 Å². The van der Waals surface area contributed by atoms with E-state index in [1.807, 2.05) is 25.5 Å². The fourth-order valence-corrected chi connectivity index (χ4v) is 2.34. The molecule has 3 heterocycles. The minimum atomic E-state index is 0.665. The van der Waals surface area contributed by atoms with Crippen LogP contribution in [0.5, 0.6) is 0 Å². The molecule has 0 fully saturated rings. The van der Waals surface area contributed by atoms with E-state index in [9.17, 15) is 0 Å². The first-order valence-electron chi connectivity index (χ1n) is 6.58. The highest BCUT2D eigenvalue weighted by Crippen LogP contribution is 2.26. The number of aryl methyl sites for hydroxylation is 3. The zero-order chi connectivity index (χ0) is 14.3. The van der Waals surface area contributed by atoms with Gasteiger partial charge in [0.15, 0.2) is 11.5 Å². The Labute approximate surface area is 116 Å². The van der Waals surface area contributed by atoms with E-state index in [0.717, 1.165) is 40.8 Å². The second kappa shape index (κ2) is 4.59. The Hall–Kier alpha value is -2.44. The van der Waals surface area contributed by atoms with Crippen molar-refractivity contribution in [2.45, 2.75) is 34.2 Å². The first kappa shape index (κ1) is 12.6. The van der Waals surface area contributed by atoms with Gasteiger partial charge in [-0.05, 0) is 27.7 Å². The van der Waals surface area contributed by atoms with Crippen molar-refractivity contribution in [3.63, 3.8) is 0 Å². The molecule has 0 unspecified atom stereocenters. The van der Waals surface area contributed by atoms with E-state index in [1.54, 1.807) is 0 Å². The summed E-state index contributed by atoms with van der Waals surface area (Å²) in [4.78, 5) is 16.0. The fourth-order valence-electron chi connectivity index (χ4n) is 2.34. The fraction of sp³-hybridized carbons (Fsp3) is 0.385. The Bertz CT molecular complexity index is 768. The number of H-pyrrole nitrogens is 1. The summed E-state index contributed by atoms with van der Waals surface area (Å²) in [5, 5.41) is 7.84. The molecule has 0 saturated carbocycles. The molecule has 0 aliphatic rings. The van der Waals surface area contributed by atoms with Crippen LogP contribution < -0.4 is 5.32 Å². The molecule has 3 aromatic rings. The largest absolute Gasteiger partial charge is 0.338 e. The van der Waals surface area contributed by atoms with Gasteiger partial charge in [0, 0.05) is 6.54 Å². The third kappa shape index (κ3) is 1.91. The van der Waals surface area contributed by atoms with Crippen molar-refractivity contribution in [2.75, 3.05) is 5.32 Å². The van der Waals surface area contributed by atoms with Crippen LogP contribution in [0.3, 0.4) is 0 Å². The van der Waals surface area contributed by atoms with Crippen molar-refractivity contribution in [3.8, 4) is 0 Å². The lowest BCUT2D eigenvalue weighted by Gasteiger charge is -2.06. The average molecular weight is 271 g/mol. The molecule has 0 aliphatic carbocycles. The lowest BCUT2D eigenvalue weighted by Crippen LogP contribution is -2.00. The van der Waals surface area contributed by atoms with Gasteiger partial charge in [-0.2, -0.15) is 5.10 Å². The molecule has 0 atom stereocenters. The van der Waals surface area contributed by atoms with Crippen LogP contribution >= 0.6 is 0 Å². The van der Waals surface area contributed by atoms with Gasteiger partial charge in [-0.25, -0.2) is 15.0 Å². The lowest BCUT2D eigenvalue weighted by molar-refractivity contribution is 0.634. The molecule has 0 amide bonds. The maximum atomic E-state index is 4.50. The molecule has 104 valence electrons. The summed E-state index contributed by atoms with van der Waals surface area (Å²) in [6.45, 7) is 8.85. The highest BCUT2D eigenvalue weighted by atomic mass is 15.3. The molecule has 7 nitrogen and oxygen atoms in total. The minimum absolute atomic E-state index is 0.665. The Kier molecular flexibility index (Phi) is 2.89. The summed E-state index contributed by atoms with van der Waals surface area (Å²) in [7, 11) is 0. The van der Waals surface area contributed by atoms with Gasteiger partial charge in [0.05, 0.1) is 17.1 Å². The van der Waals surface area contributed by atoms with Gasteiger partial charge in [0.25, 0.3) is 0 Å². The van der Waals surface area contributed by atoms with Crippen molar-refractivity contribution in [3.05, 3.63) is 23.5 Å². The molecule has 2 N–H and O–H groups in total. The van der Waals surface area contributed by atoms with E-state index in [2.05, 4.69) is 37.3 Å². The van der Waals surface area contributed by atoms with Gasteiger partial charge in [0.2, 0.25) is 0 Å². The smallest absolute Gasteiger partial charge is 0.183 e. The second-order valence-corrected chi connectivity index (χ2v) is 4.73. The van der Waals surface area contributed by atoms with Crippen molar-refractivity contribution < 1.29 is 0 Å². The lowest BCUT2D eigenvalue weighted by atomic mass is 10.3. The Morgan fingerprint density at radius 1 is 1.25 bits per heavy atom. The predicted octanol–water partition coefficient (Wildman–Crippen LogP) is 2.24. The van der Waals surface area contributed by atoms with Crippen LogP contribution in [0.4, 0.5) is 11.5 Å². The van der Waals surface area contributed by atoms with Crippen LogP contribution in [-0.2, 0) is 6.54 Å². The monoisotopic (exact) mass is 271 g/mol. The van der Waals surface area contributed by atoms with Crippen LogP contribution in [0.1, 0.15) is 24.1 Å². The summed E-state index contributed by atoms with van der Waals surface area (Å²) in [6, 6.07) is 0. The Morgan fingerprint density at radius 2 is 2.05 bits per heavy atom. The van der Waals surface area contributed by atoms with Crippen LogP contribution in [0.2, 0.25) is 0 Å². The number of aromatic amines is 1. The summed E-state index contributed by atoms with van der Waals surface area (Å²) < 4.78 is 1.97. The van der Waals surface area contributed by atoms with Crippen molar-refractivity contribution >= 4 is 22.7 Å². The van der Waals surface area contributed by atoms with Gasteiger partial charge in [-0.15, -0.1) is 0 Å². The molecule has 20 heavy (non-hydrogen) atoms. The average Bonchev–Trinajstić information content (AvgIpc) is 2.93. The van der Waals surface area contributed by atoms with Crippen molar-refractivity contribution in [2.24, 2.45) is 0 Å². The van der Waals surface area contributed by atoms with Gasteiger partial charge in [0.1, 0.15) is 17.7 Å². The second-order valence-electron chi connectivity index (χ2n) is 4.73. The zero-order valence-corrected chi connectivity index (χ0v) is 12.0. The molecule has 0 saturated heterocycles. The molecular formula is C13H17N7. The number of fused-ring (bicyclic) bond motifs is 1. The third-order valence-corrected chi connectivity index (χ3v) is 3.33. The minimum Gasteiger partial charge on any atom is -0.338 e. The number of anilines is 2. The van der Waals surface area contributed by atoms with E-state index in [1.165, 1.54) is 6.33 Å². The normalized spacial score (nSPS) is 11.2. The summed E-state index contributed by atoms with van der Waals surface area (Å²) in [5.41, 5.74) is 4.51. The predicted molar refractivity (Wildman–Crippen MR) is 77.1 cm³/mol. The van der Waals surface area contributed by atoms with E-state index in [0.29, 0.717) is 5.65 Å². The SMILES string of the molecule is CCn1nc(C)c(Nc2ncnc3nc(C)[nH]c23)c1C. The van der Waals surface area contributed by atoms with Crippen molar-refractivity contribution in [1.82, 2.24) is 29.7 Å². The van der Waals surface area contributed by atoms with Crippen LogP contribution in [0, 0.1) is 20.8 Å². The molecule has 0 aromatic carbocycles. The first-order valence-corrected chi connectivity index (χ1v) is 6.58. The third-order valence-electron chi connectivity index (χ3n) is 3.33. The molecule has 7 heteroatoms. The summed E-state index contributed by atoms with van der Waals surface area (Å²) in [5.74, 6) is 1.54. The topological polar surface area (TPSA) is 84.3 Å². The molecule has 3 aromatic heterocycles. The number of aromatic nitrogens is 6. The van der Waals surface area contributed by atoms with E-state index >= 15 is 0 Å². The summed E-state index contributed by atoms with van der Waals surface area (Å²) in [6.07, 6.45) is 1.51. The number of nitrogens with zero attached hydrogens (tertiary/aromatic N) is 5. The molecule has 0 aliphatic heterocycles. The van der Waals surface area contributed by atoms with Gasteiger partial charge >= 0.3 is 0 Å². The highest BCUT2D eigenvalue weighted by Gasteiger charge is 2.14. The number of nitrogens with one attached hydrogen (secondary N) is 2. The first-order chi connectivity index (χ1) is 9.60. The number of hydrogen-bond acceptors (Lipinski definition) is 5. The zero-order valence-electron chi connectivity index (χ0n) is 12.0. The molecule has 3 rings (SSSR count). The Balaban J connectivity index is 2.07. The molecular weight excluding hydrogens is 254 g/mol. The van der Waals surface area contributed by atoms with Crippen LogP contribution in [0.15, 0.2) is 6.33 Å². The Morgan fingerprint density at radius 3 is 2.75 bits per heavy atom. The number of rotatable bonds is 3. The maximum Gasteiger partial charge on any atom is 0.183 e. The van der Waals surface area contributed by atoms with Gasteiger partial charge in [-0.3, -0.25) is 4.68 Å². The number of imidazole rings is 1. The maximum absolute atomic E-state index is 4.50. The van der Waals surface area contributed by atoms with Crippen LogP contribution in [0.25, 0.3) is 11.2 Å². The highest BCUT2D eigenvalue weighted by molar-refractivity contribution is 5.85. The quantitative estimate of drug-likeness (QED) is 0.763. The number of hydrogen-bond donors (Lipinski definition) is 2. The van der Waals surface area contributed by atoms with Gasteiger partial charge < -0.3 is 10.3 Å². The summed E-state index contributed by atoms with van der Waals surface area (Å²) >= 11 is 0. The molecule has 0 radical (unpaired) electrons. The van der Waals surface area contributed by atoms with E-state index < -0.39 is 0 Å². The van der Waals surface area contributed by atoms with Crippen LogP contribution in [-0.4, -0.2) is 29.7 Å². The standard InChI is InChI=1S/C13H17N7/c1-5-20-8(3)10(7(2)19-20)18-13-11-12(14-6-15-13)17-9(4)16-11/h6H,5H2,1-4H3,(H2,14,15,16,17,18). The van der Waals surface area contributed by atoms with E-state index in [-0.39, 0.29) is 0 Å². The molecule has 0 bridgehead atoms. The van der Waals surface area contributed by atoms with Crippen molar-refractivity contribution in [1.29, 1.82) is 0 Å². The molecule has 0 spiro atoms. The van der Waals surface area contributed by atoms with Gasteiger partial charge in [-0.1, -0.05) is 0 Å².